The van der Waals surface area contributed by atoms with Crippen molar-refractivity contribution in [3.8, 4) is 35.3 Å². The molecule has 0 unspecified atom stereocenters. The molecule has 0 aliphatic heterocycles. The minimum absolute atomic E-state index is 0.0622. The van der Waals surface area contributed by atoms with E-state index in [1.54, 1.807) is 49.8 Å². The number of fused-ring (bicyclic) bond motifs is 2. The van der Waals surface area contributed by atoms with Gasteiger partial charge >= 0.3 is 5.97 Å². The average molecular weight is 775 g/mol. The standard InChI is InChI=1S/C40H35ClF4N6O4/c1-7-23-19-40(44,45)37-33(23)35(38(53)55-8-2)49-51(37)20-31(52)47-30(17-22-15-24(42)18-25(43)16-22)34-27(10-9-26(46-34)13-14-39(4,5)54)28-11-12-29(41)32-21(3)48-50(6)36(28)32/h1,9-12,15-16,18,23,30,54H,8,17,19-20H2,2-6H3,(H,47,52)/t23-,30-/m0/s1. The van der Waals surface area contributed by atoms with E-state index in [0.29, 0.717) is 38.8 Å². The van der Waals surface area contributed by atoms with Gasteiger partial charge < -0.3 is 15.2 Å². The van der Waals surface area contributed by atoms with Crippen molar-refractivity contribution < 1.29 is 37.0 Å². The first kappa shape index (κ1) is 39.0. The predicted octanol–water partition coefficient (Wildman–Crippen LogP) is 6.68. The van der Waals surface area contributed by atoms with Gasteiger partial charge in [-0.25, -0.2) is 18.6 Å². The van der Waals surface area contributed by atoms with Gasteiger partial charge in [0.1, 0.15) is 35.2 Å². The Morgan fingerprint density at radius 1 is 1.15 bits per heavy atom. The molecule has 3 aromatic heterocycles. The van der Waals surface area contributed by atoms with Gasteiger partial charge in [0.2, 0.25) is 5.91 Å². The number of carbonyl (C=O) groups is 2. The Hall–Kier alpha value is -5.70. The first-order valence-electron chi connectivity index (χ1n) is 17.2. The minimum Gasteiger partial charge on any atom is -0.461 e. The molecule has 0 fully saturated rings. The monoisotopic (exact) mass is 774 g/mol. The molecule has 55 heavy (non-hydrogen) atoms. The van der Waals surface area contributed by atoms with Crippen LogP contribution in [0.25, 0.3) is 22.0 Å². The van der Waals surface area contributed by atoms with Crippen LogP contribution in [-0.2, 0) is 35.5 Å². The van der Waals surface area contributed by atoms with Gasteiger partial charge in [0.05, 0.1) is 40.5 Å². The number of pyridine rings is 1. The van der Waals surface area contributed by atoms with Crippen LogP contribution in [0.4, 0.5) is 17.6 Å². The van der Waals surface area contributed by atoms with Crippen molar-refractivity contribution >= 4 is 34.4 Å². The fourth-order valence-corrected chi connectivity index (χ4v) is 7.14. The maximum atomic E-state index is 15.5. The van der Waals surface area contributed by atoms with Crippen LogP contribution in [0.15, 0.2) is 42.5 Å². The number of carbonyl (C=O) groups excluding carboxylic acids is 2. The molecule has 5 aromatic rings. The lowest BCUT2D eigenvalue weighted by atomic mass is 9.93. The third-order valence-electron chi connectivity index (χ3n) is 8.96. The quantitative estimate of drug-likeness (QED) is 0.0973. The molecule has 2 aromatic carbocycles. The minimum atomic E-state index is -3.54. The van der Waals surface area contributed by atoms with Gasteiger partial charge in [-0.15, -0.1) is 6.42 Å². The Morgan fingerprint density at radius 3 is 2.49 bits per heavy atom. The molecule has 1 aliphatic carbocycles. The SMILES string of the molecule is C#C[C@H]1CC(F)(F)c2c1c(C(=O)OCC)nn2CC(=O)N[C@@H](Cc1cc(F)cc(F)c1)c1nc(C#CC(C)(C)O)ccc1-c1ccc(Cl)c2c(C)nn(C)c12. The zero-order valence-corrected chi connectivity index (χ0v) is 31.2. The van der Waals surface area contributed by atoms with Crippen LogP contribution in [0.1, 0.15) is 83.5 Å². The summed E-state index contributed by atoms with van der Waals surface area (Å²) in [6.45, 7) is 5.44. The van der Waals surface area contributed by atoms with Gasteiger partial charge in [0.25, 0.3) is 5.92 Å². The second-order valence-electron chi connectivity index (χ2n) is 13.7. The Labute approximate surface area is 318 Å². The van der Waals surface area contributed by atoms with Crippen molar-refractivity contribution in [3.05, 3.63) is 98.7 Å². The van der Waals surface area contributed by atoms with Gasteiger partial charge in [-0.3, -0.25) is 14.2 Å². The molecular formula is C40H35ClF4N6O4. The zero-order valence-electron chi connectivity index (χ0n) is 30.4. The average Bonchev–Trinajstić information content (AvgIpc) is 3.72. The maximum Gasteiger partial charge on any atom is 0.359 e. The van der Waals surface area contributed by atoms with E-state index in [4.69, 9.17) is 27.7 Å². The van der Waals surface area contributed by atoms with Crippen LogP contribution in [0.3, 0.4) is 0 Å². The number of aryl methyl sites for hydroxylation is 2. The molecular weight excluding hydrogens is 740 g/mol. The number of ether oxygens (including phenoxy) is 1. The lowest BCUT2D eigenvalue weighted by Gasteiger charge is -2.23. The van der Waals surface area contributed by atoms with Gasteiger partial charge in [0.15, 0.2) is 5.69 Å². The number of terminal acetylenes is 1. The molecule has 0 radical (unpaired) electrons. The van der Waals surface area contributed by atoms with Crippen molar-refractivity contribution in [2.75, 3.05) is 6.61 Å². The van der Waals surface area contributed by atoms with Crippen molar-refractivity contribution in [2.24, 2.45) is 7.05 Å². The fourth-order valence-electron chi connectivity index (χ4n) is 6.85. The Morgan fingerprint density at radius 2 is 1.84 bits per heavy atom. The van der Waals surface area contributed by atoms with Crippen molar-refractivity contribution in [2.45, 2.75) is 70.6 Å². The highest BCUT2D eigenvalue weighted by molar-refractivity contribution is 6.36. The fraction of sp³-hybridized carbons (Fsp3) is 0.325. The van der Waals surface area contributed by atoms with Gasteiger partial charge in [-0.1, -0.05) is 29.5 Å². The maximum absolute atomic E-state index is 15.5. The summed E-state index contributed by atoms with van der Waals surface area (Å²) < 4.78 is 67.5. The first-order valence-corrected chi connectivity index (χ1v) is 17.5. The van der Waals surface area contributed by atoms with E-state index in [-0.39, 0.29) is 35.5 Å². The third kappa shape index (κ3) is 7.93. The molecule has 2 N–H and O–H groups in total. The summed E-state index contributed by atoms with van der Waals surface area (Å²) in [4.78, 5) is 31.7. The number of nitrogens with zero attached hydrogens (tertiary/aromatic N) is 5. The molecule has 15 heteroatoms. The van der Waals surface area contributed by atoms with Crippen LogP contribution < -0.4 is 5.32 Å². The lowest BCUT2D eigenvalue weighted by molar-refractivity contribution is -0.122. The molecule has 0 saturated carbocycles. The van der Waals surface area contributed by atoms with Gasteiger partial charge in [0, 0.05) is 41.6 Å². The number of nitrogens with one attached hydrogen (secondary N) is 1. The third-order valence-corrected chi connectivity index (χ3v) is 9.27. The molecule has 1 amide bonds. The molecule has 6 rings (SSSR count). The number of aromatic nitrogens is 5. The summed E-state index contributed by atoms with van der Waals surface area (Å²) in [5, 5.41) is 22.8. The number of esters is 1. The molecule has 284 valence electrons. The number of hydrogen-bond acceptors (Lipinski definition) is 7. The van der Waals surface area contributed by atoms with E-state index in [1.165, 1.54) is 13.8 Å². The van der Waals surface area contributed by atoms with Crippen molar-refractivity contribution in [3.63, 3.8) is 0 Å². The topological polar surface area (TPSA) is 124 Å². The summed E-state index contributed by atoms with van der Waals surface area (Å²) in [6.07, 6.45) is 4.54. The highest BCUT2D eigenvalue weighted by Gasteiger charge is 2.51. The highest BCUT2D eigenvalue weighted by atomic mass is 35.5. The summed E-state index contributed by atoms with van der Waals surface area (Å²) >= 11 is 6.61. The number of alkyl halides is 2. The van der Waals surface area contributed by atoms with Gasteiger partial charge in [-0.2, -0.15) is 19.0 Å². The lowest BCUT2D eigenvalue weighted by Crippen LogP contribution is -2.35. The summed E-state index contributed by atoms with van der Waals surface area (Å²) in [5.41, 5.74) is 0.105. The van der Waals surface area contributed by atoms with Crippen molar-refractivity contribution in [1.82, 2.24) is 29.9 Å². The van der Waals surface area contributed by atoms with Crippen molar-refractivity contribution in [1.29, 1.82) is 0 Å². The highest BCUT2D eigenvalue weighted by Crippen LogP contribution is 2.49. The number of rotatable bonds is 9. The normalized spacial score (nSPS) is 15.2. The Balaban J connectivity index is 1.52. The molecule has 1 aliphatic rings. The van der Waals surface area contributed by atoms with E-state index in [2.05, 4.69) is 33.3 Å². The first-order chi connectivity index (χ1) is 25.9. The summed E-state index contributed by atoms with van der Waals surface area (Å²) in [5.74, 6) is -0.456. The molecule has 2 atom stereocenters. The van der Waals surface area contributed by atoms with Crippen LogP contribution in [0, 0.1) is 42.7 Å². The van der Waals surface area contributed by atoms with Gasteiger partial charge in [-0.05, 0) is 75.9 Å². The second kappa shape index (κ2) is 14.9. The number of amides is 1. The van der Waals surface area contributed by atoms with E-state index < -0.39 is 71.3 Å². The van der Waals surface area contributed by atoms with E-state index in [0.717, 1.165) is 16.8 Å². The molecule has 0 bridgehead atoms. The molecule has 0 saturated heterocycles. The predicted molar refractivity (Wildman–Crippen MR) is 196 cm³/mol. The Kier molecular flexibility index (Phi) is 10.5. The van der Waals surface area contributed by atoms with Crippen LogP contribution in [-0.4, -0.2) is 53.7 Å². The summed E-state index contributed by atoms with van der Waals surface area (Å²) in [6, 6.07) is 8.43. The number of hydrogen-bond donors (Lipinski definition) is 2. The second-order valence-corrected chi connectivity index (χ2v) is 14.1. The smallest absolute Gasteiger partial charge is 0.359 e. The zero-order chi connectivity index (χ0) is 40.0. The number of halogens is 5. The Bertz CT molecular complexity index is 2450. The largest absolute Gasteiger partial charge is 0.461 e. The molecule has 10 nitrogen and oxygen atoms in total. The van der Waals surface area contributed by atoms with Crippen LogP contribution in [0.2, 0.25) is 5.02 Å². The van der Waals surface area contributed by atoms with Crippen LogP contribution >= 0.6 is 11.6 Å². The van der Waals surface area contributed by atoms with E-state index in [1.807, 2.05) is 0 Å². The number of aliphatic hydroxyl groups is 1. The number of benzene rings is 2. The van der Waals surface area contributed by atoms with E-state index >= 15 is 8.78 Å². The van der Waals surface area contributed by atoms with E-state index in [9.17, 15) is 23.5 Å². The van der Waals surface area contributed by atoms with Crippen LogP contribution in [0.5, 0.6) is 0 Å². The summed E-state index contributed by atoms with van der Waals surface area (Å²) in [7, 11) is 1.73. The molecule has 0 spiro atoms. The molecule has 3 heterocycles.